The summed E-state index contributed by atoms with van der Waals surface area (Å²) in [4.78, 5) is 21.0. The number of fused-ring (bicyclic) bond motifs is 1. The lowest BCUT2D eigenvalue weighted by molar-refractivity contribution is -0.120. The molecule has 3 heterocycles. The number of hydrogen-bond donors (Lipinski definition) is 1. The second-order valence-corrected chi connectivity index (χ2v) is 10.1. The zero-order valence-corrected chi connectivity index (χ0v) is 17.4. The highest BCUT2D eigenvalue weighted by molar-refractivity contribution is 7.93. The van der Waals surface area contributed by atoms with Crippen molar-refractivity contribution in [3.8, 4) is 0 Å². The van der Waals surface area contributed by atoms with Crippen LogP contribution in [-0.2, 0) is 21.2 Å². The Labute approximate surface area is 169 Å². The first-order valence-electron chi connectivity index (χ1n) is 9.50. The zero-order chi connectivity index (χ0) is 19.7. The Hall–Kier alpha value is -1.97. The number of sulfonamides is 1. The highest BCUT2D eigenvalue weighted by Gasteiger charge is 2.28. The molecule has 1 aromatic heterocycles. The maximum Gasteiger partial charge on any atom is 0.263 e. The van der Waals surface area contributed by atoms with Gasteiger partial charge in [0, 0.05) is 30.4 Å². The summed E-state index contributed by atoms with van der Waals surface area (Å²) >= 11 is 1.23. The Kier molecular flexibility index (Phi) is 5.39. The van der Waals surface area contributed by atoms with E-state index in [1.54, 1.807) is 34.7 Å². The standard InChI is InChI=1S/C19H24N4O3S2/c1-14-3-2-8-22(12-14)13-18(24)23-9-6-15-11-16(4-5-17(15)23)28(25,26)21-19-20-7-10-27-19/h4-5,7,10-11,14H,2-3,6,8-9,12-13H2,1H3,(H,20,21). The van der Waals surface area contributed by atoms with Crippen LogP contribution in [0, 0.1) is 5.92 Å². The molecule has 1 atom stereocenters. The third-order valence-electron chi connectivity index (χ3n) is 5.31. The molecule has 1 N–H and O–H groups in total. The van der Waals surface area contributed by atoms with Crippen LogP contribution < -0.4 is 9.62 Å². The van der Waals surface area contributed by atoms with Crippen molar-refractivity contribution < 1.29 is 13.2 Å². The number of carbonyl (C=O) groups is 1. The third-order valence-corrected chi connectivity index (χ3v) is 7.47. The average Bonchev–Trinajstić information content (AvgIpc) is 3.30. The fourth-order valence-electron chi connectivity index (χ4n) is 3.96. The van der Waals surface area contributed by atoms with E-state index in [1.807, 2.05) is 0 Å². The second-order valence-electron chi connectivity index (χ2n) is 7.51. The topological polar surface area (TPSA) is 82.6 Å². The van der Waals surface area contributed by atoms with Crippen LogP contribution in [0.3, 0.4) is 0 Å². The molecule has 1 saturated heterocycles. The maximum atomic E-state index is 12.8. The molecule has 4 rings (SSSR count). The number of piperidine rings is 1. The van der Waals surface area contributed by atoms with Crippen molar-refractivity contribution in [2.24, 2.45) is 5.92 Å². The SMILES string of the molecule is CC1CCCN(CC(=O)N2CCc3cc(S(=O)(=O)Nc4nccs4)ccc32)C1. The molecular weight excluding hydrogens is 396 g/mol. The Bertz CT molecular complexity index is 960. The molecule has 1 amide bonds. The van der Waals surface area contributed by atoms with Crippen molar-refractivity contribution in [1.82, 2.24) is 9.88 Å². The molecule has 28 heavy (non-hydrogen) atoms. The lowest BCUT2D eigenvalue weighted by atomic mass is 10.0. The lowest BCUT2D eigenvalue weighted by Gasteiger charge is -2.31. The van der Waals surface area contributed by atoms with E-state index in [0.717, 1.165) is 30.8 Å². The predicted octanol–water partition coefficient (Wildman–Crippen LogP) is 2.56. The van der Waals surface area contributed by atoms with Gasteiger partial charge in [-0.2, -0.15) is 0 Å². The van der Waals surface area contributed by atoms with Gasteiger partial charge < -0.3 is 4.90 Å². The van der Waals surface area contributed by atoms with Crippen LogP contribution in [0.1, 0.15) is 25.3 Å². The van der Waals surface area contributed by atoms with Crippen LogP contribution >= 0.6 is 11.3 Å². The highest BCUT2D eigenvalue weighted by Crippen LogP contribution is 2.31. The van der Waals surface area contributed by atoms with Crippen LogP contribution in [0.2, 0.25) is 0 Å². The van der Waals surface area contributed by atoms with Crippen molar-refractivity contribution in [1.29, 1.82) is 0 Å². The van der Waals surface area contributed by atoms with Crippen LogP contribution in [0.15, 0.2) is 34.7 Å². The van der Waals surface area contributed by atoms with Crippen molar-refractivity contribution >= 4 is 38.1 Å². The zero-order valence-electron chi connectivity index (χ0n) is 15.8. The van der Waals surface area contributed by atoms with Crippen molar-refractivity contribution in [2.45, 2.75) is 31.1 Å². The fraction of sp³-hybridized carbons (Fsp3) is 0.474. The first-order valence-corrected chi connectivity index (χ1v) is 11.9. The van der Waals surface area contributed by atoms with Crippen molar-refractivity contribution in [2.75, 3.05) is 35.8 Å². The molecule has 0 bridgehead atoms. The number of carbonyl (C=O) groups excluding carboxylic acids is 1. The molecule has 0 saturated carbocycles. The number of amides is 1. The number of rotatable bonds is 5. The Morgan fingerprint density at radius 1 is 1.36 bits per heavy atom. The van der Waals surface area contributed by atoms with Gasteiger partial charge in [0.25, 0.3) is 10.0 Å². The van der Waals surface area contributed by atoms with Crippen LogP contribution in [0.5, 0.6) is 0 Å². The second kappa shape index (κ2) is 7.81. The number of nitrogens with one attached hydrogen (secondary N) is 1. The van der Waals surface area contributed by atoms with Crippen molar-refractivity contribution in [3.05, 3.63) is 35.3 Å². The molecule has 150 valence electrons. The summed E-state index contributed by atoms with van der Waals surface area (Å²) in [6.07, 6.45) is 4.58. The molecule has 1 unspecified atom stereocenters. The Morgan fingerprint density at radius 3 is 2.96 bits per heavy atom. The fourth-order valence-corrected chi connectivity index (χ4v) is 5.80. The normalized spacial score (nSPS) is 20.2. The van der Waals surface area contributed by atoms with Crippen LogP contribution in [0.4, 0.5) is 10.8 Å². The molecule has 9 heteroatoms. The maximum absolute atomic E-state index is 12.8. The minimum Gasteiger partial charge on any atom is -0.311 e. The first kappa shape index (κ1) is 19.4. The monoisotopic (exact) mass is 420 g/mol. The quantitative estimate of drug-likeness (QED) is 0.804. The van der Waals surface area contributed by atoms with Gasteiger partial charge in [0.1, 0.15) is 0 Å². The van der Waals surface area contributed by atoms with E-state index in [1.165, 1.54) is 17.8 Å². The van der Waals surface area contributed by atoms with Gasteiger partial charge in [-0.3, -0.25) is 14.4 Å². The first-order chi connectivity index (χ1) is 13.4. The minimum absolute atomic E-state index is 0.0874. The van der Waals surface area contributed by atoms with E-state index in [-0.39, 0.29) is 10.8 Å². The molecule has 0 aliphatic carbocycles. The van der Waals surface area contributed by atoms with Crippen LogP contribution in [-0.4, -0.2) is 50.4 Å². The van der Waals surface area contributed by atoms with Gasteiger partial charge in [-0.05, 0) is 55.5 Å². The van der Waals surface area contributed by atoms with Gasteiger partial charge in [-0.25, -0.2) is 13.4 Å². The van der Waals surface area contributed by atoms with E-state index >= 15 is 0 Å². The van der Waals surface area contributed by atoms with Gasteiger partial charge in [-0.1, -0.05) is 6.92 Å². The summed E-state index contributed by atoms with van der Waals surface area (Å²) in [6.45, 7) is 5.18. The molecule has 2 aliphatic rings. The summed E-state index contributed by atoms with van der Waals surface area (Å²) in [5, 5.41) is 2.06. The van der Waals surface area contributed by atoms with E-state index < -0.39 is 10.0 Å². The van der Waals surface area contributed by atoms with Crippen molar-refractivity contribution in [3.63, 3.8) is 0 Å². The number of hydrogen-bond acceptors (Lipinski definition) is 6. The van der Waals surface area contributed by atoms with Gasteiger partial charge in [-0.15, -0.1) is 11.3 Å². The van der Waals surface area contributed by atoms with E-state index in [9.17, 15) is 13.2 Å². The highest BCUT2D eigenvalue weighted by atomic mass is 32.2. The van der Waals surface area contributed by atoms with Crippen LogP contribution in [0.25, 0.3) is 0 Å². The van der Waals surface area contributed by atoms with Gasteiger partial charge in [0.15, 0.2) is 5.13 Å². The largest absolute Gasteiger partial charge is 0.311 e. The molecule has 2 aromatic rings. The molecule has 0 radical (unpaired) electrons. The smallest absolute Gasteiger partial charge is 0.263 e. The number of likely N-dealkylation sites (tertiary alicyclic amines) is 1. The van der Waals surface area contributed by atoms with Gasteiger partial charge >= 0.3 is 0 Å². The summed E-state index contributed by atoms with van der Waals surface area (Å²) in [6, 6.07) is 4.97. The molecule has 0 spiro atoms. The summed E-state index contributed by atoms with van der Waals surface area (Å²) in [7, 11) is -3.69. The third kappa shape index (κ3) is 4.06. The number of thiazole rings is 1. The van der Waals surface area contributed by atoms with Gasteiger partial charge in [0.2, 0.25) is 5.91 Å². The van der Waals surface area contributed by atoms with E-state index in [2.05, 4.69) is 21.5 Å². The lowest BCUT2D eigenvalue weighted by Crippen LogP contribution is -2.43. The Balaban J connectivity index is 1.48. The van der Waals surface area contributed by atoms with E-state index in [4.69, 9.17) is 0 Å². The van der Waals surface area contributed by atoms with E-state index in [0.29, 0.717) is 30.6 Å². The summed E-state index contributed by atoms with van der Waals surface area (Å²) in [5.74, 6) is 0.717. The molecule has 7 nitrogen and oxygen atoms in total. The number of aromatic nitrogens is 1. The summed E-state index contributed by atoms with van der Waals surface area (Å²) in [5.41, 5.74) is 1.71. The number of anilines is 2. The number of nitrogens with zero attached hydrogens (tertiary/aromatic N) is 3. The Morgan fingerprint density at radius 2 is 2.21 bits per heavy atom. The number of benzene rings is 1. The minimum atomic E-state index is -3.69. The molecule has 1 fully saturated rings. The van der Waals surface area contributed by atoms with Gasteiger partial charge in [0.05, 0.1) is 11.4 Å². The average molecular weight is 421 g/mol. The molecular formula is C19H24N4O3S2. The molecule has 2 aliphatic heterocycles. The predicted molar refractivity (Wildman–Crippen MR) is 110 cm³/mol. The molecule has 1 aromatic carbocycles. The summed E-state index contributed by atoms with van der Waals surface area (Å²) < 4.78 is 27.6.